The lowest BCUT2D eigenvalue weighted by molar-refractivity contribution is -0.146. The number of methoxy groups -OCH3 is 2. The van der Waals surface area contributed by atoms with Crippen LogP contribution < -0.4 is 4.74 Å². The van der Waals surface area contributed by atoms with Gasteiger partial charge in [-0.05, 0) is 60.7 Å². The van der Waals surface area contributed by atoms with Gasteiger partial charge < -0.3 is 24.3 Å². The van der Waals surface area contributed by atoms with Gasteiger partial charge >= 0.3 is 12.0 Å². The van der Waals surface area contributed by atoms with Crippen LogP contribution in [-0.4, -0.2) is 72.2 Å². The molecule has 1 N–H and O–H groups in total. The Morgan fingerprint density at radius 2 is 1.86 bits per heavy atom. The third-order valence-electron chi connectivity index (χ3n) is 7.11. The van der Waals surface area contributed by atoms with Gasteiger partial charge in [0.1, 0.15) is 17.2 Å². The number of nitrogens with one attached hydrogen (secondary N) is 1. The number of carbonyl (C=O) groups excluding carboxylic acids is 2. The Bertz CT molecular complexity index is 1330. The fourth-order valence-electron chi connectivity index (χ4n) is 5.09. The second-order valence-corrected chi connectivity index (χ2v) is 9.14. The molecule has 2 aliphatic heterocycles. The highest BCUT2D eigenvalue weighted by Gasteiger charge is 2.30. The number of fused-ring (bicyclic) bond motifs is 1. The molecule has 0 spiro atoms. The van der Waals surface area contributed by atoms with Crippen molar-refractivity contribution >= 4 is 28.6 Å². The Balaban J connectivity index is 1.32. The highest BCUT2D eigenvalue weighted by Crippen LogP contribution is 2.36. The second-order valence-electron chi connectivity index (χ2n) is 9.14. The Hall–Kier alpha value is -3.88. The summed E-state index contributed by atoms with van der Waals surface area (Å²) in [4.78, 5) is 36.3. The summed E-state index contributed by atoms with van der Waals surface area (Å²) in [6.07, 6.45) is 5.73. The van der Waals surface area contributed by atoms with Crippen LogP contribution >= 0.6 is 0 Å². The number of nitrogens with zero attached hydrogens (tertiary/aromatic N) is 3. The van der Waals surface area contributed by atoms with Crippen molar-refractivity contribution < 1.29 is 23.5 Å². The summed E-state index contributed by atoms with van der Waals surface area (Å²) in [7, 11) is 2.97. The van der Waals surface area contributed by atoms with E-state index in [-0.39, 0.29) is 23.7 Å². The molecule has 3 aromatic rings. The molecule has 1 aromatic carbocycles. The van der Waals surface area contributed by atoms with E-state index in [1.807, 2.05) is 21.9 Å². The first kappa shape index (κ1) is 23.8. The van der Waals surface area contributed by atoms with Crippen molar-refractivity contribution in [2.24, 2.45) is 5.92 Å². The van der Waals surface area contributed by atoms with Gasteiger partial charge in [-0.3, -0.25) is 4.79 Å². The zero-order valence-electron chi connectivity index (χ0n) is 20.4. The van der Waals surface area contributed by atoms with E-state index in [9.17, 15) is 14.0 Å². The van der Waals surface area contributed by atoms with Crippen LogP contribution in [0, 0.1) is 11.7 Å². The number of urea groups is 1. The minimum Gasteiger partial charge on any atom is -0.496 e. The molecule has 2 aromatic heterocycles. The molecule has 0 aliphatic carbocycles. The number of pyridine rings is 1. The average molecular weight is 493 g/mol. The first-order valence-corrected chi connectivity index (χ1v) is 12.1. The molecule has 0 unspecified atom stereocenters. The minimum atomic E-state index is -0.333. The van der Waals surface area contributed by atoms with E-state index < -0.39 is 0 Å². The molecule has 8 nitrogen and oxygen atoms in total. The zero-order chi connectivity index (χ0) is 25.2. The third-order valence-corrected chi connectivity index (χ3v) is 7.11. The average Bonchev–Trinajstić information content (AvgIpc) is 3.37. The molecule has 9 heteroatoms. The van der Waals surface area contributed by atoms with E-state index in [1.54, 1.807) is 19.4 Å². The molecule has 2 amide bonds. The summed E-state index contributed by atoms with van der Waals surface area (Å²) in [5.41, 5.74) is 4.26. The summed E-state index contributed by atoms with van der Waals surface area (Å²) in [5, 5.41) is 0.879. The number of likely N-dealkylation sites (tertiary alicyclic amines) is 1. The molecule has 1 saturated heterocycles. The molecular formula is C27H29FN4O4. The number of aromatic amines is 1. The van der Waals surface area contributed by atoms with E-state index >= 15 is 0 Å². The van der Waals surface area contributed by atoms with Gasteiger partial charge in [-0.2, -0.15) is 0 Å². The van der Waals surface area contributed by atoms with E-state index in [1.165, 1.54) is 19.2 Å². The number of benzene rings is 1. The maximum atomic E-state index is 14.0. The molecule has 36 heavy (non-hydrogen) atoms. The smallest absolute Gasteiger partial charge is 0.320 e. The lowest BCUT2D eigenvalue weighted by atomic mass is 9.97. The summed E-state index contributed by atoms with van der Waals surface area (Å²) >= 11 is 0. The molecular weight excluding hydrogens is 463 g/mol. The van der Waals surface area contributed by atoms with Gasteiger partial charge in [0.2, 0.25) is 0 Å². The Morgan fingerprint density at radius 1 is 1.06 bits per heavy atom. The zero-order valence-corrected chi connectivity index (χ0v) is 20.4. The molecule has 0 atom stereocenters. The van der Waals surface area contributed by atoms with E-state index in [4.69, 9.17) is 9.47 Å². The van der Waals surface area contributed by atoms with E-state index in [0.717, 1.165) is 22.2 Å². The number of halogens is 1. The van der Waals surface area contributed by atoms with Crippen molar-refractivity contribution in [1.82, 2.24) is 19.8 Å². The van der Waals surface area contributed by atoms with Crippen LogP contribution in [0.3, 0.4) is 0 Å². The number of hydrogen-bond donors (Lipinski definition) is 1. The first-order valence-electron chi connectivity index (χ1n) is 12.1. The van der Waals surface area contributed by atoms with Gasteiger partial charge in [-0.1, -0.05) is 6.08 Å². The first-order chi connectivity index (χ1) is 17.5. The number of aromatic nitrogens is 2. The second kappa shape index (κ2) is 10.0. The van der Waals surface area contributed by atoms with Crippen molar-refractivity contribution in [2.45, 2.75) is 19.3 Å². The molecule has 4 heterocycles. The minimum absolute atomic E-state index is 0.00687. The largest absolute Gasteiger partial charge is 0.496 e. The maximum absolute atomic E-state index is 14.0. The number of esters is 1. The number of amides is 2. The lowest BCUT2D eigenvalue weighted by Gasteiger charge is -2.36. The predicted octanol–water partition coefficient (Wildman–Crippen LogP) is 4.47. The maximum Gasteiger partial charge on any atom is 0.320 e. The molecule has 5 rings (SSSR count). The number of carbonyl (C=O) groups is 2. The Kier molecular flexibility index (Phi) is 6.63. The predicted molar refractivity (Wildman–Crippen MR) is 134 cm³/mol. The molecule has 0 radical (unpaired) electrons. The van der Waals surface area contributed by atoms with Crippen LogP contribution in [0.15, 0.2) is 42.6 Å². The number of H-pyrrole nitrogens is 1. The van der Waals surface area contributed by atoms with Gasteiger partial charge in [0.15, 0.2) is 0 Å². The SMILES string of the molecule is COC(=O)C1CCN(C(=O)N2CC=C(c3cc4c(-c5cc(F)ccc5OC)ccnc4[nH]3)CC2)CC1. The van der Waals surface area contributed by atoms with Crippen molar-refractivity contribution in [3.05, 3.63) is 54.1 Å². The van der Waals surface area contributed by atoms with Crippen molar-refractivity contribution in [1.29, 1.82) is 0 Å². The molecule has 2 aliphatic rings. The van der Waals surface area contributed by atoms with Gasteiger partial charge in [0.25, 0.3) is 0 Å². The monoisotopic (exact) mass is 492 g/mol. The van der Waals surface area contributed by atoms with Gasteiger partial charge in [0, 0.05) is 49.0 Å². The molecule has 0 saturated carbocycles. The number of piperidine rings is 1. The van der Waals surface area contributed by atoms with Crippen LogP contribution in [0.25, 0.3) is 27.7 Å². The molecule has 188 valence electrons. The molecule has 0 bridgehead atoms. The van der Waals surface area contributed by atoms with Crippen molar-refractivity contribution in [2.75, 3.05) is 40.4 Å². The standard InChI is InChI=1S/C27H29FN4O4/c1-35-24-4-3-19(28)15-21(24)20-5-10-29-25-22(20)16-23(30-25)17-6-11-31(12-7-17)27(34)32-13-8-18(9-14-32)26(33)36-2/h3-6,10,15-16,18H,7-9,11-14H2,1-2H3,(H,29,30). The van der Waals surface area contributed by atoms with Crippen LogP contribution in [0.2, 0.25) is 0 Å². The summed E-state index contributed by atoms with van der Waals surface area (Å²) < 4.78 is 24.3. The fourth-order valence-corrected chi connectivity index (χ4v) is 5.09. The normalized spacial score (nSPS) is 16.7. The van der Waals surface area contributed by atoms with Crippen LogP contribution in [-0.2, 0) is 9.53 Å². The summed E-state index contributed by atoms with van der Waals surface area (Å²) in [5.74, 6) is -0.0617. The van der Waals surface area contributed by atoms with Crippen LogP contribution in [0.5, 0.6) is 5.75 Å². The van der Waals surface area contributed by atoms with Crippen molar-refractivity contribution in [3.8, 4) is 16.9 Å². The topological polar surface area (TPSA) is 87.8 Å². The highest BCUT2D eigenvalue weighted by molar-refractivity contribution is 5.96. The molecule has 1 fully saturated rings. The van der Waals surface area contributed by atoms with Crippen LogP contribution in [0.4, 0.5) is 9.18 Å². The Morgan fingerprint density at radius 3 is 2.56 bits per heavy atom. The highest BCUT2D eigenvalue weighted by atomic mass is 19.1. The fraction of sp³-hybridized carbons (Fsp3) is 0.370. The van der Waals surface area contributed by atoms with E-state index in [2.05, 4.69) is 16.0 Å². The summed E-state index contributed by atoms with van der Waals surface area (Å²) in [6.45, 7) is 2.24. The van der Waals surface area contributed by atoms with Gasteiger partial charge in [0.05, 0.1) is 20.1 Å². The lowest BCUT2D eigenvalue weighted by Crippen LogP contribution is -2.48. The Labute approximate surface area is 208 Å². The number of rotatable bonds is 4. The quantitative estimate of drug-likeness (QED) is 0.543. The third kappa shape index (κ3) is 4.53. The number of hydrogen-bond acceptors (Lipinski definition) is 5. The van der Waals surface area contributed by atoms with Crippen molar-refractivity contribution in [3.63, 3.8) is 0 Å². The van der Waals surface area contributed by atoms with Gasteiger partial charge in [-0.15, -0.1) is 0 Å². The van der Waals surface area contributed by atoms with E-state index in [0.29, 0.717) is 62.4 Å². The van der Waals surface area contributed by atoms with Gasteiger partial charge in [-0.25, -0.2) is 14.2 Å². The number of ether oxygens (including phenoxy) is 2. The summed E-state index contributed by atoms with van der Waals surface area (Å²) in [6, 6.07) is 8.37. The van der Waals surface area contributed by atoms with Crippen LogP contribution in [0.1, 0.15) is 25.0 Å².